The van der Waals surface area contributed by atoms with Crippen LogP contribution in [0.25, 0.3) is 52.9 Å². The highest BCUT2D eigenvalue weighted by molar-refractivity contribution is 7.26. The molecule has 0 atom stereocenters. The Labute approximate surface area is 209 Å². The molecular weight excluding hydrogens is 452 g/mol. The first-order valence-corrected chi connectivity index (χ1v) is 13.5. The first-order chi connectivity index (χ1) is 17.3. The molecule has 178 valence electrons. The number of hydrogen-bond donors (Lipinski definition) is 0. The summed E-state index contributed by atoms with van der Waals surface area (Å²) in [6.45, 7) is 3.05. The Balaban J connectivity index is 1.34. The van der Waals surface area contributed by atoms with Gasteiger partial charge >= 0.3 is 0 Å². The van der Waals surface area contributed by atoms with Crippen LogP contribution in [-0.2, 0) is 0 Å². The van der Waals surface area contributed by atoms with Crippen LogP contribution in [0.1, 0.15) is 45.4 Å². The van der Waals surface area contributed by atoms with Crippen LogP contribution in [-0.4, -0.2) is 13.7 Å². The van der Waals surface area contributed by atoms with E-state index in [4.69, 9.17) is 13.9 Å². The molecule has 0 bridgehead atoms. The third kappa shape index (κ3) is 4.00. The van der Waals surface area contributed by atoms with E-state index in [1.165, 1.54) is 57.7 Å². The largest absolute Gasteiger partial charge is 0.497 e. The molecule has 3 nitrogen and oxygen atoms in total. The van der Waals surface area contributed by atoms with Gasteiger partial charge in [-0.3, -0.25) is 0 Å². The van der Waals surface area contributed by atoms with Crippen LogP contribution < -0.4 is 9.47 Å². The number of benzene rings is 4. The summed E-state index contributed by atoms with van der Waals surface area (Å²) in [6.07, 6.45) is 7.66. The fraction of sp³-hybridized carbons (Fsp3) is 0.290. The SMILES string of the molecule is CCCCCCCCOc1ccc2c(c1)sc1c2ccc2c1ccc1c3ccc(OC)cc3oc12. The third-order valence-electron chi connectivity index (χ3n) is 7.01. The molecule has 0 spiro atoms. The maximum atomic E-state index is 6.34. The number of furan rings is 1. The van der Waals surface area contributed by atoms with Gasteiger partial charge in [0.25, 0.3) is 0 Å². The molecule has 0 saturated heterocycles. The van der Waals surface area contributed by atoms with Crippen molar-refractivity contribution in [1.29, 1.82) is 0 Å². The van der Waals surface area contributed by atoms with Crippen molar-refractivity contribution in [3.63, 3.8) is 0 Å². The molecule has 0 aliphatic heterocycles. The number of ether oxygens (including phenoxy) is 2. The summed E-state index contributed by atoms with van der Waals surface area (Å²) in [7, 11) is 1.68. The van der Waals surface area contributed by atoms with E-state index in [0.717, 1.165) is 51.9 Å². The summed E-state index contributed by atoms with van der Waals surface area (Å²) in [5.41, 5.74) is 1.79. The summed E-state index contributed by atoms with van der Waals surface area (Å²) < 4.78 is 20.4. The molecule has 0 unspecified atom stereocenters. The topological polar surface area (TPSA) is 31.6 Å². The second-order valence-corrected chi connectivity index (χ2v) is 10.4. The third-order valence-corrected chi connectivity index (χ3v) is 8.22. The monoisotopic (exact) mass is 482 g/mol. The summed E-state index contributed by atoms with van der Waals surface area (Å²) in [4.78, 5) is 0. The van der Waals surface area contributed by atoms with Gasteiger partial charge in [0.2, 0.25) is 0 Å². The fourth-order valence-electron chi connectivity index (χ4n) is 5.12. The highest BCUT2D eigenvalue weighted by Crippen LogP contribution is 2.43. The Morgan fingerprint density at radius 1 is 0.686 bits per heavy atom. The minimum Gasteiger partial charge on any atom is -0.497 e. The van der Waals surface area contributed by atoms with E-state index in [9.17, 15) is 0 Å². The van der Waals surface area contributed by atoms with Crippen LogP contribution in [0, 0.1) is 0 Å². The van der Waals surface area contributed by atoms with E-state index in [-0.39, 0.29) is 0 Å². The van der Waals surface area contributed by atoms with Gasteiger partial charge in [-0.15, -0.1) is 11.3 Å². The minimum atomic E-state index is 0.792. The number of methoxy groups -OCH3 is 1. The van der Waals surface area contributed by atoms with Crippen LogP contribution in [0.2, 0.25) is 0 Å². The van der Waals surface area contributed by atoms with Crippen molar-refractivity contribution < 1.29 is 13.9 Å². The molecule has 2 heterocycles. The number of fused-ring (bicyclic) bond motifs is 9. The molecule has 0 N–H and O–H groups in total. The van der Waals surface area contributed by atoms with Gasteiger partial charge in [-0.1, -0.05) is 51.2 Å². The van der Waals surface area contributed by atoms with Gasteiger partial charge in [-0.05, 0) is 48.9 Å². The molecule has 4 heteroatoms. The Bertz CT molecular complexity index is 1660. The van der Waals surface area contributed by atoms with Crippen molar-refractivity contribution in [1.82, 2.24) is 0 Å². The lowest BCUT2D eigenvalue weighted by atomic mass is 10.0. The Kier molecular flexibility index (Phi) is 5.99. The van der Waals surface area contributed by atoms with Gasteiger partial charge in [-0.25, -0.2) is 0 Å². The maximum Gasteiger partial charge on any atom is 0.143 e. The Hall–Kier alpha value is -3.24. The van der Waals surface area contributed by atoms with Crippen LogP contribution >= 0.6 is 11.3 Å². The zero-order valence-electron chi connectivity index (χ0n) is 20.4. The van der Waals surface area contributed by atoms with Crippen molar-refractivity contribution in [3.8, 4) is 11.5 Å². The summed E-state index contributed by atoms with van der Waals surface area (Å²) >= 11 is 1.84. The molecule has 2 aromatic heterocycles. The van der Waals surface area contributed by atoms with E-state index in [1.807, 2.05) is 23.5 Å². The maximum absolute atomic E-state index is 6.34. The van der Waals surface area contributed by atoms with Crippen LogP contribution in [0.3, 0.4) is 0 Å². The quantitative estimate of drug-likeness (QED) is 0.192. The van der Waals surface area contributed by atoms with Crippen molar-refractivity contribution in [2.75, 3.05) is 13.7 Å². The molecular formula is C31H30O3S. The molecule has 0 saturated carbocycles. The fourth-order valence-corrected chi connectivity index (χ4v) is 6.38. The summed E-state index contributed by atoms with van der Waals surface area (Å²) in [5.74, 6) is 1.78. The smallest absolute Gasteiger partial charge is 0.143 e. The summed E-state index contributed by atoms with van der Waals surface area (Å²) in [5, 5.41) is 7.21. The Morgan fingerprint density at radius 2 is 1.34 bits per heavy atom. The number of hydrogen-bond acceptors (Lipinski definition) is 4. The lowest BCUT2D eigenvalue weighted by Gasteiger charge is -2.06. The number of thiophene rings is 1. The second-order valence-electron chi connectivity index (χ2n) is 9.32. The number of rotatable bonds is 9. The van der Waals surface area contributed by atoms with Crippen LogP contribution in [0.5, 0.6) is 11.5 Å². The normalized spacial score (nSPS) is 11.9. The van der Waals surface area contributed by atoms with Crippen molar-refractivity contribution in [2.24, 2.45) is 0 Å². The predicted octanol–water partition coefficient (Wildman–Crippen LogP) is 9.85. The lowest BCUT2D eigenvalue weighted by Crippen LogP contribution is -1.96. The van der Waals surface area contributed by atoms with E-state index < -0.39 is 0 Å². The lowest BCUT2D eigenvalue weighted by molar-refractivity contribution is 0.305. The minimum absolute atomic E-state index is 0.792. The van der Waals surface area contributed by atoms with Gasteiger partial charge in [0.1, 0.15) is 22.7 Å². The standard InChI is InChI=1S/C31H30O3S/c1-3-4-5-6-7-8-17-33-21-10-12-23-26-15-14-25-27(31(26)35-29(23)19-21)16-13-24-22-11-9-20(32-2)18-28(22)34-30(24)25/h9-16,18-19H,3-8,17H2,1-2H3. The highest BCUT2D eigenvalue weighted by atomic mass is 32.1. The Morgan fingerprint density at radius 3 is 2.17 bits per heavy atom. The molecule has 0 fully saturated rings. The van der Waals surface area contributed by atoms with Crippen molar-refractivity contribution in [2.45, 2.75) is 45.4 Å². The van der Waals surface area contributed by atoms with E-state index in [0.29, 0.717) is 0 Å². The molecule has 0 amide bonds. The average Bonchev–Trinajstić information content (AvgIpc) is 3.45. The molecule has 0 aliphatic rings. The van der Waals surface area contributed by atoms with Crippen molar-refractivity contribution >= 4 is 64.2 Å². The zero-order chi connectivity index (χ0) is 23.8. The average molecular weight is 483 g/mol. The van der Waals surface area contributed by atoms with Gasteiger partial charge in [0.05, 0.1) is 13.7 Å². The van der Waals surface area contributed by atoms with E-state index in [2.05, 4.69) is 55.5 Å². The van der Waals surface area contributed by atoms with Gasteiger partial charge in [0.15, 0.2) is 0 Å². The molecule has 6 aromatic rings. The van der Waals surface area contributed by atoms with Crippen LogP contribution in [0.4, 0.5) is 0 Å². The second kappa shape index (κ2) is 9.43. The van der Waals surface area contributed by atoms with E-state index in [1.54, 1.807) is 7.11 Å². The molecule has 0 radical (unpaired) electrons. The molecule has 4 aromatic carbocycles. The van der Waals surface area contributed by atoms with E-state index >= 15 is 0 Å². The molecule has 35 heavy (non-hydrogen) atoms. The first kappa shape index (κ1) is 22.2. The molecule has 6 rings (SSSR count). The molecule has 0 aliphatic carbocycles. The van der Waals surface area contributed by atoms with Gasteiger partial charge < -0.3 is 13.9 Å². The predicted molar refractivity (Wildman–Crippen MR) is 150 cm³/mol. The first-order valence-electron chi connectivity index (χ1n) is 12.7. The highest BCUT2D eigenvalue weighted by Gasteiger charge is 2.15. The van der Waals surface area contributed by atoms with Gasteiger partial charge in [0, 0.05) is 47.8 Å². The number of unbranched alkanes of at least 4 members (excludes halogenated alkanes) is 5. The van der Waals surface area contributed by atoms with Gasteiger partial charge in [-0.2, -0.15) is 0 Å². The summed E-state index contributed by atoms with van der Waals surface area (Å²) in [6, 6.07) is 21.4. The zero-order valence-corrected chi connectivity index (χ0v) is 21.2. The van der Waals surface area contributed by atoms with Crippen LogP contribution in [0.15, 0.2) is 65.1 Å². The van der Waals surface area contributed by atoms with Crippen molar-refractivity contribution in [3.05, 3.63) is 60.7 Å².